The van der Waals surface area contributed by atoms with Crippen molar-refractivity contribution < 1.29 is 24.0 Å². The molecule has 0 spiro atoms. The molecule has 1 aliphatic heterocycles. The molecule has 0 N–H and O–H groups in total. The Labute approximate surface area is 211 Å². The van der Waals surface area contributed by atoms with Gasteiger partial charge in [-0.3, -0.25) is 19.9 Å². The van der Waals surface area contributed by atoms with Gasteiger partial charge in [0.05, 0.1) is 24.7 Å². The molecule has 1 aromatic carbocycles. The second-order valence-electron chi connectivity index (χ2n) is 8.28. The van der Waals surface area contributed by atoms with E-state index >= 15 is 0 Å². The lowest BCUT2D eigenvalue weighted by molar-refractivity contribution is -0.385. The Bertz CT molecular complexity index is 1000. The van der Waals surface area contributed by atoms with Crippen LogP contribution in [0.15, 0.2) is 39.4 Å². The number of benzene rings is 1. The van der Waals surface area contributed by atoms with Gasteiger partial charge in [-0.05, 0) is 63.7 Å². The van der Waals surface area contributed by atoms with E-state index < -0.39 is 28.7 Å². The first-order chi connectivity index (χ1) is 16.7. The fourth-order valence-corrected chi connectivity index (χ4v) is 5.45. The molecule has 0 fully saturated rings. The molecule has 1 aromatic rings. The summed E-state index contributed by atoms with van der Waals surface area (Å²) in [5, 5.41) is 11.6. The highest BCUT2D eigenvalue weighted by atomic mass is 32.2. The molecule has 10 heteroatoms. The lowest BCUT2D eigenvalue weighted by Crippen LogP contribution is -2.36. The van der Waals surface area contributed by atoms with Crippen molar-refractivity contribution in [3.05, 3.63) is 45.1 Å². The number of unbranched alkanes of at least 4 members (excludes halogenated alkanes) is 1. The molecule has 9 nitrogen and oxygen atoms in total. The number of carbonyl (C=O) groups excluding carboxylic acids is 2. The highest BCUT2D eigenvalue weighted by Gasteiger charge is 2.43. The van der Waals surface area contributed by atoms with Gasteiger partial charge in [-0.15, -0.1) is 11.8 Å². The predicted octanol–water partition coefficient (Wildman–Crippen LogP) is 4.60. The van der Waals surface area contributed by atoms with E-state index in [-0.39, 0.29) is 11.3 Å². The van der Waals surface area contributed by atoms with Crippen LogP contribution < -0.4 is 0 Å². The first kappa shape index (κ1) is 28.5. The van der Waals surface area contributed by atoms with Crippen LogP contribution in [-0.2, 0) is 19.1 Å². The number of rotatable bonds is 12. The number of non-ortho nitro benzene ring substituents is 1. The standard InChI is InChI=1S/C25H35N3O6S/c1-7-27(8-2)13-9-10-14-35-20-12-11-18(28(31)32)15-19(20)23-21(24(29)33-5)16(3)26-17(4)22(23)25(30)34-6/h11-12,15,21,23H,7-10,13-14H2,1-6H3. The molecule has 0 saturated carbocycles. The van der Waals surface area contributed by atoms with Gasteiger partial charge in [0, 0.05) is 34.4 Å². The third-order valence-corrected chi connectivity index (χ3v) is 7.42. The summed E-state index contributed by atoms with van der Waals surface area (Å²) < 4.78 is 10.1. The number of allylic oxidation sites excluding steroid dienone is 1. The van der Waals surface area contributed by atoms with E-state index in [1.54, 1.807) is 31.7 Å². The average Bonchev–Trinajstić information content (AvgIpc) is 2.84. The molecular formula is C25H35N3O6S. The number of nitro groups is 1. The SMILES string of the molecule is CCN(CC)CCCCSc1ccc([N+](=O)[O-])cc1C1C(C(=O)OC)=C(C)N=C(C)C1C(=O)OC. The Balaban J connectivity index is 2.50. The minimum atomic E-state index is -0.901. The van der Waals surface area contributed by atoms with Crippen molar-refractivity contribution in [1.29, 1.82) is 0 Å². The summed E-state index contributed by atoms with van der Waals surface area (Å²) >= 11 is 1.57. The van der Waals surface area contributed by atoms with Crippen LogP contribution in [-0.4, -0.2) is 67.1 Å². The predicted molar refractivity (Wildman–Crippen MR) is 137 cm³/mol. The topological polar surface area (TPSA) is 111 Å². The van der Waals surface area contributed by atoms with Crippen LogP contribution in [0.5, 0.6) is 0 Å². The third-order valence-electron chi connectivity index (χ3n) is 6.25. The quantitative estimate of drug-likeness (QED) is 0.133. The van der Waals surface area contributed by atoms with Crippen LogP contribution in [0, 0.1) is 16.0 Å². The molecule has 0 aliphatic carbocycles. The molecule has 35 heavy (non-hydrogen) atoms. The minimum Gasteiger partial charge on any atom is -0.468 e. The van der Waals surface area contributed by atoms with Crippen LogP contribution in [0.1, 0.15) is 52.0 Å². The van der Waals surface area contributed by atoms with Crippen LogP contribution in [0.4, 0.5) is 5.69 Å². The minimum absolute atomic E-state index is 0.114. The molecular weight excluding hydrogens is 470 g/mol. The van der Waals surface area contributed by atoms with E-state index in [1.165, 1.54) is 26.4 Å². The maximum atomic E-state index is 12.9. The van der Waals surface area contributed by atoms with Gasteiger partial charge in [-0.25, -0.2) is 4.79 Å². The molecule has 0 bridgehead atoms. The zero-order chi connectivity index (χ0) is 26.1. The summed E-state index contributed by atoms with van der Waals surface area (Å²) in [6, 6.07) is 4.60. The average molecular weight is 506 g/mol. The number of nitrogens with zero attached hydrogens (tertiary/aromatic N) is 3. The first-order valence-electron chi connectivity index (χ1n) is 11.8. The second-order valence-corrected chi connectivity index (χ2v) is 9.42. The number of thioether (sulfide) groups is 1. The summed E-state index contributed by atoms with van der Waals surface area (Å²) in [5.74, 6) is -2.11. The molecule has 1 heterocycles. The van der Waals surface area contributed by atoms with Crippen molar-refractivity contribution in [2.75, 3.05) is 39.6 Å². The summed E-state index contributed by atoms with van der Waals surface area (Å²) in [5.41, 5.74) is 1.51. The van der Waals surface area contributed by atoms with E-state index in [4.69, 9.17) is 9.47 Å². The van der Waals surface area contributed by atoms with Crippen LogP contribution in [0.2, 0.25) is 0 Å². The van der Waals surface area contributed by atoms with Crippen LogP contribution in [0.25, 0.3) is 0 Å². The molecule has 0 saturated heterocycles. The zero-order valence-electron chi connectivity index (χ0n) is 21.3. The third kappa shape index (κ3) is 6.91. The number of nitro benzene ring substituents is 1. The number of hydrogen-bond donors (Lipinski definition) is 0. The lowest BCUT2D eigenvalue weighted by atomic mass is 9.75. The zero-order valence-corrected chi connectivity index (χ0v) is 22.1. The Hall–Kier alpha value is -2.72. The van der Waals surface area contributed by atoms with Gasteiger partial charge in [0.2, 0.25) is 0 Å². The van der Waals surface area contributed by atoms with Crippen LogP contribution in [0.3, 0.4) is 0 Å². The van der Waals surface area contributed by atoms with Gasteiger partial charge in [0.15, 0.2) is 0 Å². The lowest BCUT2D eigenvalue weighted by Gasteiger charge is -2.32. The Morgan fingerprint density at radius 1 is 1.14 bits per heavy atom. The summed E-state index contributed by atoms with van der Waals surface area (Å²) in [7, 11) is 2.53. The summed E-state index contributed by atoms with van der Waals surface area (Å²) in [4.78, 5) is 44.4. The molecule has 0 amide bonds. The van der Waals surface area contributed by atoms with Crippen molar-refractivity contribution in [2.24, 2.45) is 10.9 Å². The number of hydrogen-bond acceptors (Lipinski definition) is 9. The monoisotopic (exact) mass is 505 g/mol. The first-order valence-corrected chi connectivity index (χ1v) is 12.7. The van der Waals surface area contributed by atoms with Crippen molar-refractivity contribution >= 4 is 35.1 Å². The molecule has 0 radical (unpaired) electrons. The molecule has 1 aliphatic rings. The van der Waals surface area contributed by atoms with Crippen molar-refractivity contribution in [3.63, 3.8) is 0 Å². The molecule has 0 aromatic heterocycles. The van der Waals surface area contributed by atoms with Crippen molar-refractivity contribution in [3.8, 4) is 0 Å². The van der Waals surface area contributed by atoms with E-state index in [9.17, 15) is 19.7 Å². The maximum absolute atomic E-state index is 12.9. The van der Waals surface area contributed by atoms with Crippen molar-refractivity contribution in [1.82, 2.24) is 4.90 Å². The number of esters is 2. The fourth-order valence-electron chi connectivity index (χ4n) is 4.36. The highest BCUT2D eigenvalue weighted by molar-refractivity contribution is 7.99. The van der Waals surface area contributed by atoms with Crippen molar-refractivity contribution in [2.45, 2.75) is 51.3 Å². The molecule has 2 rings (SSSR count). The van der Waals surface area contributed by atoms with Gasteiger partial charge >= 0.3 is 11.9 Å². The van der Waals surface area contributed by atoms with E-state index in [1.807, 2.05) is 0 Å². The Kier molecular flexibility index (Phi) is 10.9. The number of ether oxygens (including phenoxy) is 2. The van der Waals surface area contributed by atoms with E-state index in [0.29, 0.717) is 17.0 Å². The molecule has 2 atom stereocenters. The largest absolute Gasteiger partial charge is 0.468 e. The van der Waals surface area contributed by atoms with E-state index in [2.05, 4.69) is 23.7 Å². The van der Waals surface area contributed by atoms with Gasteiger partial charge in [-0.2, -0.15) is 0 Å². The Morgan fingerprint density at radius 2 is 1.83 bits per heavy atom. The smallest absolute Gasteiger partial charge is 0.336 e. The number of aliphatic imine (C=N–C) groups is 1. The Morgan fingerprint density at radius 3 is 2.40 bits per heavy atom. The van der Waals surface area contributed by atoms with Crippen LogP contribution >= 0.6 is 11.8 Å². The second kappa shape index (κ2) is 13.4. The normalized spacial score (nSPS) is 17.9. The van der Waals surface area contributed by atoms with Gasteiger partial charge in [0.25, 0.3) is 5.69 Å². The summed E-state index contributed by atoms with van der Waals surface area (Å²) in [6.07, 6.45) is 1.99. The summed E-state index contributed by atoms with van der Waals surface area (Å²) in [6.45, 7) is 10.7. The van der Waals surface area contributed by atoms with Gasteiger partial charge in [0.1, 0.15) is 5.92 Å². The van der Waals surface area contributed by atoms with Gasteiger partial charge < -0.3 is 14.4 Å². The van der Waals surface area contributed by atoms with E-state index in [0.717, 1.165) is 43.1 Å². The fraction of sp³-hybridized carbons (Fsp3) is 0.560. The maximum Gasteiger partial charge on any atom is 0.336 e. The highest BCUT2D eigenvalue weighted by Crippen LogP contribution is 2.44. The van der Waals surface area contributed by atoms with Gasteiger partial charge in [-0.1, -0.05) is 13.8 Å². The number of carbonyl (C=O) groups is 2. The molecule has 2 unspecified atom stereocenters. The molecule has 192 valence electrons. The number of methoxy groups -OCH3 is 2.